The monoisotopic (exact) mass is 392 g/mol. The van der Waals surface area contributed by atoms with Crippen LogP contribution in [0.3, 0.4) is 0 Å². The molecular formula is C20H16N4O3S. The van der Waals surface area contributed by atoms with E-state index < -0.39 is 15.9 Å². The maximum atomic E-state index is 12.9. The number of carbonyl (C=O) groups is 1. The number of anilines is 1. The van der Waals surface area contributed by atoms with E-state index in [0.29, 0.717) is 16.9 Å². The number of nitrogens with zero attached hydrogens (tertiary/aromatic N) is 2. The van der Waals surface area contributed by atoms with E-state index in [9.17, 15) is 13.2 Å². The summed E-state index contributed by atoms with van der Waals surface area (Å²) in [5.74, 6) is 0.220. The predicted octanol–water partition coefficient (Wildman–Crippen LogP) is 2.54. The largest absolute Gasteiger partial charge is 0.347 e. The molecule has 2 heterocycles. The molecule has 5 rings (SSSR count). The lowest BCUT2D eigenvalue weighted by Gasteiger charge is -2.18. The van der Waals surface area contributed by atoms with Gasteiger partial charge in [0.2, 0.25) is 5.91 Å². The Kier molecular flexibility index (Phi) is 3.63. The summed E-state index contributed by atoms with van der Waals surface area (Å²) in [5, 5.41) is 4.24. The van der Waals surface area contributed by atoms with Gasteiger partial charge in [0.25, 0.3) is 10.0 Å². The zero-order valence-electron chi connectivity index (χ0n) is 14.7. The van der Waals surface area contributed by atoms with Crippen molar-refractivity contribution in [1.29, 1.82) is 0 Å². The number of aromatic nitrogens is 2. The van der Waals surface area contributed by atoms with Crippen LogP contribution < -0.4 is 9.62 Å². The Morgan fingerprint density at radius 1 is 1.04 bits per heavy atom. The number of fused-ring (bicyclic) bond motifs is 1. The molecule has 4 aromatic rings. The number of rotatable bonds is 4. The second-order valence-corrected chi connectivity index (χ2v) is 8.45. The minimum absolute atomic E-state index is 0.193. The van der Waals surface area contributed by atoms with Crippen LogP contribution in [0.15, 0.2) is 65.6 Å². The van der Waals surface area contributed by atoms with Crippen molar-refractivity contribution in [1.82, 2.24) is 15.3 Å². The molecule has 140 valence electrons. The van der Waals surface area contributed by atoms with E-state index in [-0.39, 0.29) is 18.0 Å². The van der Waals surface area contributed by atoms with Crippen molar-refractivity contribution in [3.05, 3.63) is 66.5 Å². The second kappa shape index (κ2) is 6.07. The number of carbonyl (C=O) groups excluding carboxylic acids is 1. The van der Waals surface area contributed by atoms with Crippen molar-refractivity contribution < 1.29 is 13.2 Å². The number of aromatic amines is 1. The molecule has 1 aromatic heterocycles. The lowest BCUT2D eigenvalue weighted by atomic mass is 10.1. The Morgan fingerprint density at radius 3 is 2.64 bits per heavy atom. The molecule has 0 saturated heterocycles. The molecule has 2 N–H and O–H groups in total. The Balaban J connectivity index is 1.37. The van der Waals surface area contributed by atoms with Crippen molar-refractivity contribution in [3.8, 4) is 0 Å². The number of para-hydroxylation sites is 2. The lowest BCUT2D eigenvalue weighted by Crippen LogP contribution is -2.38. The number of nitrogens with one attached hydrogen (secondary N) is 2. The van der Waals surface area contributed by atoms with Crippen molar-refractivity contribution in [2.75, 3.05) is 10.8 Å². The molecule has 0 aliphatic carbocycles. The van der Waals surface area contributed by atoms with E-state index in [1.54, 1.807) is 24.3 Å². The Morgan fingerprint density at radius 2 is 1.82 bits per heavy atom. The molecule has 1 aliphatic heterocycles. The zero-order valence-corrected chi connectivity index (χ0v) is 15.5. The number of sulfonamides is 1. The Hall–Kier alpha value is -3.39. The smallest absolute Gasteiger partial charge is 0.265 e. The number of benzene rings is 3. The summed E-state index contributed by atoms with van der Waals surface area (Å²) in [6, 6.07) is 18.1. The van der Waals surface area contributed by atoms with E-state index in [2.05, 4.69) is 15.3 Å². The SMILES string of the molecule is O=C(CN1c2cccc3cccc(c23)S1(=O)=O)NCc1nc2ccccc2[nH]1. The van der Waals surface area contributed by atoms with Gasteiger partial charge in [0.05, 0.1) is 28.2 Å². The third-order valence-electron chi connectivity index (χ3n) is 4.86. The number of H-pyrrole nitrogens is 1. The number of amides is 1. The van der Waals surface area contributed by atoms with Crippen LogP contribution >= 0.6 is 0 Å². The predicted molar refractivity (Wildman–Crippen MR) is 106 cm³/mol. The second-order valence-electron chi connectivity index (χ2n) is 6.62. The number of hydrogen-bond acceptors (Lipinski definition) is 4. The highest BCUT2D eigenvalue weighted by Crippen LogP contribution is 2.41. The molecule has 0 fully saturated rings. The van der Waals surface area contributed by atoms with Gasteiger partial charge in [-0.05, 0) is 29.7 Å². The van der Waals surface area contributed by atoms with Gasteiger partial charge in [0, 0.05) is 5.39 Å². The minimum Gasteiger partial charge on any atom is -0.347 e. The maximum Gasteiger partial charge on any atom is 0.265 e. The van der Waals surface area contributed by atoms with Crippen LogP contribution in [0.2, 0.25) is 0 Å². The molecule has 0 saturated carbocycles. The van der Waals surface area contributed by atoms with Gasteiger partial charge in [-0.25, -0.2) is 13.4 Å². The Labute approximate surface area is 161 Å². The van der Waals surface area contributed by atoms with Gasteiger partial charge in [-0.15, -0.1) is 0 Å². The number of hydrogen-bond donors (Lipinski definition) is 2. The molecule has 0 unspecified atom stereocenters. The fraction of sp³-hybridized carbons (Fsp3) is 0.100. The third kappa shape index (κ3) is 2.53. The van der Waals surface area contributed by atoms with E-state index in [1.165, 1.54) is 4.31 Å². The highest BCUT2D eigenvalue weighted by molar-refractivity contribution is 7.93. The lowest BCUT2D eigenvalue weighted by molar-refractivity contribution is -0.119. The summed E-state index contributed by atoms with van der Waals surface area (Å²) in [4.78, 5) is 20.3. The van der Waals surface area contributed by atoms with Crippen molar-refractivity contribution in [3.63, 3.8) is 0 Å². The summed E-state index contributed by atoms with van der Waals surface area (Å²) < 4.78 is 27.0. The molecule has 0 spiro atoms. The van der Waals surface area contributed by atoms with Gasteiger partial charge in [0.1, 0.15) is 12.4 Å². The highest BCUT2D eigenvalue weighted by Gasteiger charge is 2.36. The summed E-state index contributed by atoms with van der Waals surface area (Å²) in [6.45, 7) is -0.0884. The van der Waals surface area contributed by atoms with Crippen molar-refractivity contribution in [2.45, 2.75) is 11.4 Å². The van der Waals surface area contributed by atoms with Gasteiger partial charge < -0.3 is 10.3 Å². The van der Waals surface area contributed by atoms with Crippen LogP contribution in [-0.4, -0.2) is 30.8 Å². The van der Waals surface area contributed by atoms with Gasteiger partial charge in [-0.1, -0.05) is 36.4 Å². The van der Waals surface area contributed by atoms with Crippen LogP contribution in [0.4, 0.5) is 5.69 Å². The first kappa shape index (κ1) is 16.8. The van der Waals surface area contributed by atoms with E-state index >= 15 is 0 Å². The normalized spacial score (nSPS) is 14.6. The molecule has 1 aliphatic rings. The summed E-state index contributed by atoms with van der Waals surface area (Å²) in [6.07, 6.45) is 0. The van der Waals surface area contributed by atoms with Gasteiger partial charge in [-0.3, -0.25) is 9.10 Å². The third-order valence-corrected chi connectivity index (χ3v) is 6.66. The summed E-state index contributed by atoms with van der Waals surface area (Å²) in [7, 11) is -3.75. The van der Waals surface area contributed by atoms with E-state index in [1.807, 2.05) is 36.4 Å². The van der Waals surface area contributed by atoms with Crippen LogP contribution in [0.25, 0.3) is 21.8 Å². The van der Waals surface area contributed by atoms with Crippen molar-refractivity contribution in [2.24, 2.45) is 0 Å². The molecule has 7 nitrogen and oxygen atoms in total. The summed E-state index contributed by atoms with van der Waals surface area (Å²) >= 11 is 0. The van der Waals surface area contributed by atoms with Crippen LogP contribution in [0.5, 0.6) is 0 Å². The standard InChI is InChI=1S/C20H16N4O3S/c25-19(21-11-18-22-14-7-1-2-8-15(14)23-18)12-24-16-9-3-5-13-6-4-10-17(20(13)16)28(24,26)27/h1-10H,11-12H2,(H,21,25)(H,22,23). The fourth-order valence-corrected chi connectivity index (χ4v) is 5.25. The maximum absolute atomic E-state index is 12.9. The molecule has 1 amide bonds. The number of imidazole rings is 1. The van der Waals surface area contributed by atoms with Crippen molar-refractivity contribution >= 4 is 43.4 Å². The average molecular weight is 392 g/mol. The molecule has 0 bridgehead atoms. The first-order valence-corrected chi connectivity index (χ1v) is 10.2. The van der Waals surface area contributed by atoms with E-state index in [0.717, 1.165) is 16.4 Å². The first-order valence-electron chi connectivity index (χ1n) is 8.79. The highest BCUT2D eigenvalue weighted by atomic mass is 32.2. The molecule has 28 heavy (non-hydrogen) atoms. The zero-order chi connectivity index (χ0) is 19.3. The Bertz CT molecular complexity index is 1310. The minimum atomic E-state index is -3.75. The van der Waals surface area contributed by atoms with Crippen LogP contribution in [0.1, 0.15) is 5.82 Å². The van der Waals surface area contributed by atoms with Gasteiger partial charge in [-0.2, -0.15) is 0 Å². The summed E-state index contributed by atoms with van der Waals surface area (Å²) in [5.41, 5.74) is 2.24. The van der Waals surface area contributed by atoms with E-state index in [4.69, 9.17) is 0 Å². The molecule has 0 atom stereocenters. The first-order chi connectivity index (χ1) is 13.5. The molecular weight excluding hydrogens is 376 g/mol. The molecule has 3 aromatic carbocycles. The van der Waals surface area contributed by atoms with Crippen LogP contribution in [0, 0.1) is 0 Å². The van der Waals surface area contributed by atoms with Crippen LogP contribution in [-0.2, 0) is 21.4 Å². The van der Waals surface area contributed by atoms with Gasteiger partial charge >= 0.3 is 0 Å². The average Bonchev–Trinajstić information content (AvgIpc) is 3.20. The fourth-order valence-electron chi connectivity index (χ4n) is 3.59. The molecule has 0 radical (unpaired) electrons. The quantitative estimate of drug-likeness (QED) is 0.558. The molecule has 8 heteroatoms. The van der Waals surface area contributed by atoms with Gasteiger partial charge in [0.15, 0.2) is 0 Å². The topological polar surface area (TPSA) is 95.2 Å².